The quantitative estimate of drug-likeness (QED) is 0.567. The van der Waals surface area contributed by atoms with Gasteiger partial charge in [-0.1, -0.05) is 36.4 Å². The number of ether oxygens (including phenoxy) is 1. The molecule has 1 atom stereocenters. The molecule has 164 valence electrons. The monoisotopic (exact) mass is 427 g/mol. The molecule has 0 saturated heterocycles. The van der Waals surface area contributed by atoms with Crippen LogP contribution in [-0.4, -0.2) is 26.1 Å². The van der Waals surface area contributed by atoms with Crippen molar-refractivity contribution in [3.8, 4) is 5.75 Å². The fraction of sp³-hybridized carbons (Fsp3) is 0.296. The first-order chi connectivity index (χ1) is 15.7. The molecule has 1 amide bonds. The van der Waals surface area contributed by atoms with Crippen LogP contribution in [0.2, 0.25) is 0 Å². The topological polar surface area (TPSA) is 53.6 Å². The van der Waals surface area contributed by atoms with Gasteiger partial charge in [0, 0.05) is 29.9 Å². The third-order valence-corrected chi connectivity index (χ3v) is 6.47. The molecule has 5 nitrogen and oxygen atoms in total. The largest absolute Gasteiger partial charge is 0.496 e. The molecule has 0 radical (unpaired) electrons. The van der Waals surface area contributed by atoms with Crippen molar-refractivity contribution in [1.29, 1.82) is 0 Å². The van der Waals surface area contributed by atoms with Crippen LogP contribution in [0, 0.1) is 0 Å². The van der Waals surface area contributed by atoms with Gasteiger partial charge in [-0.05, 0) is 61.6 Å². The van der Waals surface area contributed by atoms with Crippen molar-refractivity contribution in [2.45, 2.75) is 31.7 Å². The lowest BCUT2D eigenvalue weighted by Gasteiger charge is -2.24. The van der Waals surface area contributed by atoms with Crippen LogP contribution in [-0.2, 0) is 6.42 Å². The zero-order valence-electron chi connectivity index (χ0n) is 18.4. The smallest absolute Gasteiger partial charge is 0.258 e. The van der Waals surface area contributed by atoms with Gasteiger partial charge < -0.3 is 20.3 Å². The SMILES string of the molecule is COc1cc(C(=O)N2CCCCc3ccccc32)ccc1C1CCNc2ccccc2N1. The highest BCUT2D eigenvalue weighted by Gasteiger charge is 2.25. The van der Waals surface area contributed by atoms with Crippen LogP contribution in [0.5, 0.6) is 5.75 Å². The van der Waals surface area contributed by atoms with Gasteiger partial charge in [0.2, 0.25) is 0 Å². The molecule has 2 aliphatic rings. The van der Waals surface area contributed by atoms with Crippen molar-refractivity contribution in [3.63, 3.8) is 0 Å². The maximum absolute atomic E-state index is 13.5. The molecule has 2 aliphatic heterocycles. The van der Waals surface area contributed by atoms with E-state index < -0.39 is 0 Å². The van der Waals surface area contributed by atoms with E-state index in [-0.39, 0.29) is 11.9 Å². The first-order valence-electron chi connectivity index (χ1n) is 11.4. The fourth-order valence-corrected chi connectivity index (χ4v) is 4.80. The summed E-state index contributed by atoms with van der Waals surface area (Å²) in [6.45, 7) is 1.61. The predicted octanol–water partition coefficient (Wildman–Crippen LogP) is 5.65. The molecule has 3 aromatic rings. The summed E-state index contributed by atoms with van der Waals surface area (Å²) in [6, 6.07) is 22.5. The lowest BCUT2D eigenvalue weighted by atomic mass is 9.99. The molecule has 0 aliphatic carbocycles. The number of aryl methyl sites for hydroxylation is 1. The second-order valence-corrected chi connectivity index (χ2v) is 8.46. The minimum atomic E-state index is 0.0324. The number of nitrogens with zero attached hydrogens (tertiary/aromatic N) is 1. The van der Waals surface area contributed by atoms with E-state index in [1.807, 2.05) is 41.3 Å². The Kier molecular flexibility index (Phi) is 5.71. The molecule has 5 rings (SSSR count). The Morgan fingerprint density at radius 2 is 1.81 bits per heavy atom. The summed E-state index contributed by atoms with van der Waals surface area (Å²) in [5.41, 5.74) is 6.20. The van der Waals surface area contributed by atoms with Gasteiger partial charge in [0.05, 0.1) is 24.5 Å². The Balaban J connectivity index is 1.45. The molecule has 2 N–H and O–H groups in total. The number of carbonyl (C=O) groups excluding carboxylic acids is 1. The van der Waals surface area contributed by atoms with E-state index in [0.29, 0.717) is 5.56 Å². The molecule has 32 heavy (non-hydrogen) atoms. The van der Waals surface area contributed by atoms with E-state index >= 15 is 0 Å². The summed E-state index contributed by atoms with van der Waals surface area (Å²) in [4.78, 5) is 15.5. The third kappa shape index (κ3) is 3.91. The van der Waals surface area contributed by atoms with E-state index in [1.54, 1.807) is 7.11 Å². The maximum Gasteiger partial charge on any atom is 0.258 e. The summed E-state index contributed by atoms with van der Waals surface area (Å²) in [7, 11) is 1.68. The van der Waals surface area contributed by atoms with E-state index in [9.17, 15) is 4.79 Å². The van der Waals surface area contributed by atoms with Crippen LogP contribution >= 0.6 is 0 Å². The molecular formula is C27H29N3O2. The lowest BCUT2D eigenvalue weighted by Crippen LogP contribution is -2.31. The number of rotatable bonds is 3. The van der Waals surface area contributed by atoms with Crippen molar-refractivity contribution in [3.05, 3.63) is 83.4 Å². The summed E-state index contributed by atoms with van der Waals surface area (Å²) < 4.78 is 5.77. The Bertz CT molecular complexity index is 1130. The van der Waals surface area contributed by atoms with Crippen LogP contribution in [0.3, 0.4) is 0 Å². The molecular weight excluding hydrogens is 398 g/mol. The van der Waals surface area contributed by atoms with Crippen molar-refractivity contribution in [2.75, 3.05) is 35.7 Å². The van der Waals surface area contributed by atoms with E-state index in [1.165, 1.54) is 5.56 Å². The van der Waals surface area contributed by atoms with Crippen LogP contribution in [0.1, 0.15) is 46.8 Å². The second-order valence-electron chi connectivity index (χ2n) is 8.46. The number of para-hydroxylation sites is 3. The third-order valence-electron chi connectivity index (χ3n) is 6.47. The average molecular weight is 428 g/mol. The lowest BCUT2D eigenvalue weighted by molar-refractivity contribution is 0.0986. The second kappa shape index (κ2) is 8.95. The number of hydrogen-bond acceptors (Lipinski definition) is 4. The number of hydrogen-bond donors (Lipinski definition) is 2. The van der Waals surface area contributed by atoms with Crippen LogP contribution in [0.25, 0.3) is 0 Å². The maximum atomic E-state index is 13.5. The van der Waals surface area contributed by atoms with Gasteiger partial charge in [-0.15, -0.1) is 0 Å². The first kappa shape index (κ1) is 20.4. The number of nitrogens with one attached hydrogen (secondary N) is 2. The summed E-state index contributed by atoms with van der Waals surface area (Å²) in [6.07, 6.45) is 4.04. The molecule has 0 saturated carbocycles. The molecule has 2 heterocycles. The molecule has 3 aromatic carbocycles. The van der Waals surface area contributed by atoms with Crippen LogP contribution in [0.15, 0.2) is 66.7 Å². The van der Waals surface area contributed by atoms with Gasteiger partial charge in [-0.3, -0.25) is 4.79 Å². The Hall–Kier alpha value is -3.47. The van der Waals surface area contributed by atoms with Gasteiger partial charge >= 0.3 is 0 Å². The van der Waals surface area contributed by atoms with Crippen molar-refractivity contribution < 1.29 is 9.53 Å². The number of carbonyl (C=O) groups is 1. The summed E-state index contributed by atoms with van der Waals surface area (Å²) in [5, 5.41) is 7.13. The minimum Gasteiger partial charge on any atom is -0.496 e. The van der Waals surface area contributed by atoms with Gasteiger partial charge in [0.15, 0.2) is 0 Å². The number of fused-ring (bicyclic) bond motifs is 2. The standard InChI is InChI=1S/C27H29N3O2/c1-32-26-18-20(27(31)30-17-7-6-9-19-8-2-5-12-25(19)30)13-14-21(26)22-15-16-28-23-10-3-4-11-24(23)29-22/h2-5,8,10-14,18,22,28-29H,6-7,9,15-17H2,1H3. The van der Waals surface area contributed by atoms with Crippen LogP contribution in [0.4, 0.5) is 17.1 Å². The molecule has 0 fully saturated rings. The average Bonchev–Trinajstić information content (AvgIpc) is 3.19. The first-order valence-corrected chi connectivity index (χ1v) is 11.4. The van der Waals surface area contributed by atoms with Crippen LogP contribution < -0.4 is 20.3 Å². The Morgan fingerprint density at radius 3 is 2.69 bits per heavy atom. The molecule has 0 spiro atoms. The van der Waals surface area contributed by atoms with Gasteiger partial charge in [-0.25, -0.2) is 0 Å². The van der Waals surface area contributed by atoms with Gasteiger partial charge in [0.25, 0.3) is 5.91 Å². The molecule has 5 heteroatoms. The summed E-state index contributed by atoms with van der Waals surface area (Å²) in [5.74, 6) is 0.779. The number of anilines is 3. The van der Waals surface area contributed by atoms with E-state index in [2.05, 4.69) is 41.0 Å². The zero-order chi connectivity index (χ0) is 21.9. The Labute approximate surface area is 189 Å². The number of methoxy groups -OCH3 is 1. The van der Waals surface area contributed by atoms with Crippen molar-refractivity contribution in [2.24, 2.45) is 0 Å². The molecule has 0 aromatic heterocycles. The minimum absolute atomic E-state index is 0.0324. The zero-order valence-corrected chi connectivity index (χ0v) is 18.4. The van der Waals surface area contributed by atoms with Crippen molar-refractivity contribution >= 4 is 23.0 Å². The normalized spacial score (nSPS) is 17.7. The van der Waals surface area contributed by atoms with E-state index in [0.717, 1.165) is 67.1 Å². The number of amides is 1. The number of benzene rings is 3. The van der Waals surface area contributed by atoms with Gasteiger partial charge in [-0.2, -0.15) is 0 Å². The van der Waals surface area contributed by atoms with Gasteiger partial charge in [0.1, 0.15) is 5.75 Å². The summed E-state index contributed by atoms with van der Waals surface area (Å²) >= 11 is 0. The molecule has 0 bridgehead atoms. The Morgan fingerprint density at radius 1 is 1.00 bits per heavy atom. The van der Waals surface area contributed by atoms with Crippen molar-refractivity contribution in [1.82, 2.24) is 0 Å². The highest BCUT2D eigenvalue weighted by molar-refractivity contribution is 6.07. The fourth-order valence-electron chi connectivity index (χ4n) is 4.80. The highest BCUT2D eigenvalue weighted by atomic mass is 16.5. The predicted molar refractivity (Wildman–Crippen MR) is 130 cm³/mol. The van der Waals surface area contributed by atoms with E-state index in [4.69, 9.17) is 4.74 Å². The highest BCUT2D eigenvalue weighted by Crippen LogP contribution is 2.36. The molecule has 1 unspecified atom stereocenters.